The van der Waals surface area contributed by atoms with E-state index in [0.717, 1.165) is 13.2 Å². The SMILES string of the molecule is C1CCCOCC1.OCCO. The lowest BCUT2D eigenvalue weighted by atomic mass is 10.2. The fourth-order valence-electron chi connectivity index (χ4n) is 0.864. The normalized spacial score (nSPS) is 18.0. The third kappa shape index (κ3) is 9.88. The zero-order chi connectivity index (χ0) is 8.36. The van der Waals surface area contributed by atoms with Crippen LogP contribution in [0.5, 0.6) is 0 Å². The molecule has 1 rings (SSSR count). The standard InChI is InChI=1S/C6H12O.C2H6O2/c1-2-4-6-7-5-3-1;3-1-2-4/h1-6H2;3-4H,1-2H2. The maximum Gasteiger partial charge on any atom is 0.0662 e. The van der Waals surface area contributed by atoms with Crippen molar-refractivity contribution in [3.63, 3.8) is 0 Å². The summed E-state index contributed by atoms with van der Waals surface area (Å²) in [6.07, 6.45) is 5.31. The van der Waals surface area contributed by atoms with Crippen LogP contribution in [-0.2, 0) is 4.74 Å². The third-order valence-corrected chi connectivity index (χ3v) is 1.43. The number of aliphatic hydroxyl groups excluding tert-OH is 2. The third-order valence-electron chi connectivity index (χ3n) is 1.43. The van der Waals surface area contributed by atoms with Crippen molar-refractivity contribution in [2.75, 3.05) is 26.4 Å². The summed E-state index contributed by atoms with van der Waals surface area (Å²) >= 11 is 0. The number of aliphatic hydroxyl groups is 2. The van der Waals surface area contributed by atoms with E-state index in [-0.39, 0.29) is 13.2 Å². The minimum absolute atomic E-state index is 0.125. The van der Waals surface area contributed by atoms with Crippen LogP contribution in [0.3, 0.4) is 0 Å². The molecule has 1 saturated heterocycles. The van der Waals surface area contributed by atoms with Crippen LogP contribution in [0.4, 0.5) is 0 Å². The van der Waals surface area contributed by atoms with Crippen LogP contribution in [-0.4, -0.2) is 36.6 Å². The molecule has 0 amide bonds. The Labute approximate surface area is 68.0 Å². The van der Waals surface area contributed by atoms with Gasteiger partial charge < -0.3 is 14.9 Å². The van der Waals surface area contributed by atoms with E-state index in [2.05, 4.69) is 0 Å². The van der Waals surface area contributed by atoms with Crippen LogP contribution in [0, 0.1) is 0 Å². The van der Waals surface area contributed by atoms with Gasteiger partial charge in [-0.2, -0.15) is 0 Å². The Morgan fingerprint density at radius 1 is 0.818 bits per heavy atom. The van der Waals surface area contributed by atoms with Crippen molar-refractivity contribution in [1.29, 1.82) is 0 Å². The Morgan fingerprint density at radius 2 is 1.27 bits per heavy atom. The molecule has 2 N–H and O–H groups in total. The van der Waals surface area contributed by atoms with Gasteiger partial charge in [0.15, 0.2) is 0 Å². The molecule has 0 saturated carbocycles. The average Bonchev–Trinajstić information content (AvgIpc) is 2.35. The van der Waals surface area contributed by atoms with Crippen LogP contribution < -0.4 is 0 Å². The maximum absolute atomic E-state index is 7.62. The molecule has 68 valence electrons. The monoisotopic (exact) mass is 162 g/mol. The molecular formula is C8H18O3. The van der Waals surface area contributed by atoms with Crippen molar-refractivity contribution in [2.24, 2.45) is 0 Å². The molecule has 0 aromatic rings. The van der Waals surface area contributed by atoms with E-state index in [4.69, 9.17) is 14.9 Å². The van der Waals surface area contributed by atoms with E-state index in [9.17, 15) is 0 Å². The Bertz CT molecular complexity index is 44.7. The van der Waals surface area contributed by atoms with E-state index in [1.165, 1.54) is 25.7 Å². The summed E-state index contributed by atoms with van der Waals surface area (Å²) in [6, 6.07) is 0. The van der Waals surface area contributed by atoms with Gasteiger partial charge in [-0.3, -0.25) is 0 Å². The Balaban J connectivity index is 0.000000218. The molecular weight excluding hydrogens is 144 g/mol. The summed E-state index contributed by atoms with van der Waals surface area (Å²) in [5.74, 6) is 0. The van der Waals surface area contributed by atoms with Gasteiger partial charge in [-0.15, -0.1) is 0 Å². The summed E-state index contributed by atoms with van der Waals surface area (Å²) in [4.78, 5) is 0. The van der Waals surface area contributed by atoms with Gasteiger partial charge in [-0.05, 0) is 12.8 Å². The fourth-order valence-corrected chi connectivity index (χ4v) is 0.864. The van der Waals surface area contributed by atoms with Gasteiger partial charge in [0.1, 0.15) is 0 Å². The molecule has 1 heterocycles. The highest BCUT2D eigenvalue weighted by molar-refractivity contribution is 4.46. The molecule has 1 aliphatic rings. The first-order valence-electron chi connectivity index (χ1n) is 4.21. The van der Waals surface area contributed by atoms with Crippen molar-refractivity contribution in [3.05, 3.63) is 0 Å². The van der Waals surface area contributed by atoms with Gasteiger partial charge in [-0.25, -0.2) is 0 Å². The van der Waals surface area contributed by atoms with Crippen molar-refractivity contribution < 1.29 is 14.9 Å². The lowest BCUT2D eigenvalue weighted by Crippen LogP contribution is -1.89. The van der Waals surface area contributed by atoms with Crippen LogP contribution in [0.15, 0.2) is 0 Å². The molecule has 3 nitrogen and oxygen atoms in total. The van der Waals surface area contributed by atoms with E-state index >= 15 is 0 Å². The van der Waals surface area contributed by atoms with E-state index in [0.29, 0.717) is 0 Å². The van der Waals surface area contributed by atoms with E-state index < -0.39 is 0 Å². The van der Waals surface area contributed by atoms with Crippen LogP contribution in [0.25, 0.3) is 0 Å². The van der Waals surface area contributed by atoms with Crippen molar-refractivity contribution >= 4 is 0 Å². The summed E-state index contributed by atoms with van der Waals surface area (Å²) < 4.78 is 5.19. The quantitative estimate of drug-likeness (QED) is 0.592. The highest BCUT2D eigenvalue weighted by Crippen LogP contribution is 2.04. The number of rotatable bonds is 1. The molecule has 0 bridgehead atoms. The zero-order valence-corrected chi connectivity index (χ0v) is 6.96. The molecule has 0 aromatic heterocycles. The number of ether oxygens (including phenoxy) is 1. The van der Waals surface area contributed by atoms with Gasteiger partial charge >= 0.3 is 0 Å². The smallest absolute Gasteiger partial charge is 0.0662 e. The lowest BCUT2D eigenvalue weighted by molar-refractivity contribution is 0.144. The Morgan fingerprint density at radius 3 is 1.64 bits per heavy atom. The minimum atomic E-state index is -0.125. The van der Waals surface area contributed by atoms with Crippen molar-refractivity contribution in [2.45, 2.75) is 25.7 Å². The van der Waals surface area contributed by atoms with Crippen molar-refractivity contribution in [1.82, 2.24) is 0 Å². The lowest BCUT2D eigenvalue weighted by Gasteiger charge is -1.91. The highest BCUT2D eigenvalue weighted by atomic mass is 16.5. The molecule has 0 spiro atoms. The zero-order valence-electron chi connectivity index (χ0n) is 6.96. The fraction of sp³-hybridized carbons (Fsp3) is 1.00. The molecule has 0 aliphatic carbocycles. The summed E-state index contributed by atoms with van der Waals surface area (Å²) in [7, 11) is 0. The predicted molar refractivity (Wildman–Crippen MR) is 43.5 cm³/mol. The second kappa shape index (κ2) is 9.88. The molecule has 0 atom stereocenters. The van der Waals surface area contributed by atoms with Gasteiger partial charge in [0.05, 0.1) is 13.2 Å². The summed E-state index contributed by atoms with van der Waals surface area (Å²) in [5.41, 5.74) is 0. The number of hydrogen-bond donors (Lipinski definition) is 2. The average molecular weight is 162 g/mol. The molecule has 0 radical (unpaired) electrons. The van der Waals surface area contributed by atoms with Crippen molar-refractivity contribution in [3.8, 4) is 0 Å². The second-order valence-corrected chi connectivity index (χ2v) is 2.47. The Hall–Kier alpha value is -0.120. The first-order valence-corrected chi connectivity index (χ1v) is 4.21. The van der Waals surface area contributed by atoms with Gasteiger partial charge in [0, 0.05) is 13.2 Å². The minimum Gasteiger partial charge on any atom is -0.394 e. The van der Waals surface area contributed by atoms with Gasteiger partial charge in [0.2, 0.25) is 0 Å². The van der Waals surface area contributed by atoms with Gasteiger partial charge in [0.25, 0.3) is 0 Å². The topological polar surface area (TPSA) is 49.7 Å². The molecule has 1 aliphatic heterocycles. The molecule has 0 unspecified atom stereocenters. The second-order valence-electron chi connectivity index (χ2n) is 2.47. The maximum atomic E-state index is 7.62. The largest absolute Gasteiger partial charge is 0.394 e. The highest BCUT2D eigenvalue weighted by Gasteiger charge is 1.95. The molecule has 11 heavy (non-hydrogen) atoms. The molecule has 3 heteroatoms. The molecule has 0 aromatic carbocycles. The van der Waals surface area contributed by atoms with Gasteiger partial charge in [-0.1, -0.05) is 12.8 Å². The Kier molecular flexibility index (Phi) is 9.77. The van der Waals surface area contributed by atoms with Crippen LogP contribution >= 0.6 is 0 Å². The van der Waals surface area contributed by atoms with E-state index in [1.807, 2.05) is 0 Å². The van der Waals surface area contributed by atoms with Crippen LogP contribution in [0.2, 0.25) is 0 Å². The summed E-state index contributed by atoms with van der Waals surface area (Å²) in [5, 5.41) is 15.2. The predicted octanol–water partition coefficient (Wildman–Crippen LogP) is 0.548. The van der Waals surface area contributed by atoms with Crippen LogP contribution in [0.1, 0.15) is 25.7 Å². The van der Waals surface area contributed by atoms with E-state index in [1.54, 1.807) is 0 Å². The number of hydrogen-bond acceptors (Lipinski definition) is 3. The first-order chi connectivity index (χ1) is 5.41. The summed E-state index contributed by atoms with van der Waals surface area (Å²) in [6.45, 7) is 1.75. The molecule has 1 fully saturated rings. The first kappa shape index (κ1) is 10.9.